The van der Waals surface area contributed by atoms with Crippen LogP contribution in [0.2, 0.25) is 0 Å². The number of ether oxygens (including phenoxy) is 1. The van der Waals surface area contributed by atoms with Crippen LogP contribution in [0.3, 0.4) is 0 Å². The second-order valence-electron chi connectivity index (χ2n) is 4.92. The number of terminal acetylenes is 1. The van der Waals surface area contributed by atoms with E-state index in [4.69, 9.17) is 11.2 Å². The molecule has 1 aromatic carbocycles. The SMILES string of the molecule is C#CCOc1ccc(-c2ccc(C)c(=O)n2CC)c(C)c1. The van der Waals surface area contributed by atoms with Crippen molar-refractivity contribution in [2.24, 2.45) is 0 Å². The normalized spacial score (nSPS) is 10.2. The Bertz CT molecular complexity index is 751. The Balaban J connectivity index is 2.51. The van der Waals surface area contributed by atoms with Crippen molar-refractivity contribution in [3.63, 3.8) is 0 Å². The van der Waals surface area contributed by atoms with Gasteiger partial charge in [-0.3, -0.25) is 4.79 Å². The molecule has 0 radical (unpaired) electrons. The number of rotatable bonds is 4. The fraction of sp³-hybridized carbons (Fsp3) is 0.278. The van der Waals surface area contributed by atoms with Gasteiger partial charge in [0.05, 0.1) is 5.69 Å². The number of hydrogen-bond donors (Lipinski definition) is 0. The Morgan fingerprint density at radius 1 is 1.19 bits per heavy atom. The minimum absolute atomic E-state index is 0.0575. The van der Waals surface area contributed by atoms with E-state index in [2.05, 4.69) is 5.92 Å². The third kappa shape index (κ3) is 3.00. The molecule has 2 rings (SSSR count). The summed E-state index contributed by atoms with van der Waals surface area (Å²) in [6, 6.07) is 9.65. The standard InChI is InChI=1S/C18H19NO2/c1-5-11-21-15-8-9-16(14(4)12-15)17-10-7-13(3)18(20)19(17)6-2/h1,7-10,12H,6,11H2,2-4H3. The number of aryl methyl sites for hydroxylation is 2. The van der Waals surface area contributed by atoms with Crippen LogP contribution in [-0.2, 0) is 6.54 Å². The molecule has 1 heterocycles. The number of nitrogens with zero attached hydrogens (tertiary/aromatic N) is 1. The van der Waals surface area contributed by atoms with E-state index >= 15 is 0 Å². The molecule has 0 aliphatic heterocycles. The first-order valence-corrected chi connectivity index (χ1v) is 6.96. The Labute approximate surface area is 125 Å². The maximum Gasteiger partial charge on any atom is 0.253 e. The van der Waals surface area contributed by atoms with Crippen LogP contribution in [0.15, 0.2) is 35.1 Å². The van der Waals surface area contributed by atoms with Gasteiger partial charge in [0.25, 0.3) is 5.56 Å². The van der Waals surface area contributed by atoms with E-state index in [0.717, 1.165) is 28.1 Å². The second-order valence-corrected chi connectivity index (χ2v) is 4.92. The van der Waals surface area contributed by atoms with Crippen LogP contribution in [0, 0.1) is 26.2 Å². The summed E-state index contributed by atoms with van der Waals surface area (Å²) in [7, 11) is 0. The molecule has 0 atom stereocenters. The van der Waals surface area contributed by atoms with E-state index in [1.165, 1.54) is 0 Å². The number of aromatic nitrogens is 1. The lowest BCUT2D eigenvalue weighted by Crippen LogP contribution is -2.22. The molecule has 0 fully saturated rings. The maximum absolute atomic E-state index is 12.2. The summed E-state index contributed by atoms with van der Waals surface area (Å²) in [5.74, 6) is 3.19. The lowest BCUT2D eigenvalue weighted by atomic mass is 10.0. The van der Waals surface area contributed by atoms with Crippen molar-refractivity contribution in [1.29, 1.82) is 0 Å². The Hall–Kier alpha value is -2.47. The molecule has 0 spiro atoms. The smallest absolute Gasteiger partial charge is 0.253 e. The van der Waals surface area contributed by atoms with E-state index in [1.54, 1.807) is 4.57 Å². The van der Waals surface area contributed by atoms with Crippen molar-refractivity contribution in [2.75, 3.05) is 6.61 Å². The Morgan fingerprint density at radius 3 is 2.57 bits per heavy atom. The fourth-order valence-electron chi connectivity index (χ4n) is 2.37. The van der Waals surface area contributed by atoms with E-state index in [0.29, 0.717) is 6.54 Å². The van der Waals surface area contributed by atoms with Crippen LogP contribution in [0.5, 0.6) is 5.75 Å². The van der Waals surface area contributed by atoms with Crippen molar-refractivity contribution in [3.05, 3.63) is 51.8 Å². The van der Waals surface area contributed by atoms with Gasteiger partial charge in [0.2, 0.25) is 0 Å². The largest absolute Gasteiger partial charge is 0.481 e. The lowest BCUT2D eigenvalue weighted by Gasteiger charge is -2.15. The van der Waals surface area contributed by atoms with Gasteiger partial charge in [-0.15, -0.1) is 6.42 Å². The highest BCUT2D eigenvalue weighted by Gasteiger charge is 2.10. The molecule has 0 aliphatic carbocycles. The van der Waals surface area contributed by atoms with Crippen molar-refractivity contribution in [1.82, 2.24) is 4.57 Å². The summed E-state index contributed by atoms with van der Waals surface area (Å²) < 4.78 is 7.21. The maximum atomic E-state index is 12.2. The van der Waals surface area contributed by atoms with Gasteiger partial charge in [0.1, 0.15) is 12.4 Å². The zero-order valence-electron chi connectivity index (χ0n) is 12.6. The molecule has 21 heavy (non-hydrogen) atoms. The summed E-state index contributed by atoms with van der Waals surface area (Å²) in [5.41, 5.74) is 3.82. The van der Waals surface area contributed by atoms with Gasteiger partial charge in [-0.25, -0.2) is 0 Å². The summed E-state index contributed by atoms with van der Waals surface area (Å²) in [6.45, 7) is 6.71. The number of hydrogen-bond acceptors (Lipinski definition) is 2. The van der Waals surface area contributed by atoms with E-state index in [9.17, 15) is 4.79 Å². The van der Waals surface area contributed by atoms with Crippen LogP contribution in [0.1, 0.15) is 18.1 Å². The zero-order valence-corrected chi connectivity index (χ0v) is 12.6. The third-order valence-corrected chi connectivity index (χ3v) is 3.48. The highest BCUT2D eigenvalue weighted by atomic mass is 16.5. The number of pyridine rings is 1. The first kappa shape index (κ1) is 14.9. The summed E-state index contributed by atoms with van der Waals surface area (Å²) in [6.07, 6.45) is 5.19. The lowest BCUT2D eigenvalue weighted by molar-refractivity contribution is 0.370. The molecule has 0 N–H and O–H groups in total. The van der Waals surface area contributed by atoms with Gasteiger partial charge in [0, 0.05) is 17.7 Å². The average molecular weight is 281 g/mol. The summed E-state index contributed by atoms with van der Waals surface area (Å²) in [4.78, 5) is 12.2. The summed E-state index contributed by atoms with van der Waals surface area (Å²) >= 11 is 0. The molecular formula is C18H19NO2. The van der Waals surface area contributed by atoms with Crippen molar-refractivity contribution < 1.29 is 4.74 Å². The predicted molar refractivity (Wildman–Crippen MR) is 85.6 cm³/mol. The minimum atomic E-state index is 0.0575. The Morgan fingerprint density at radius 2 is 1.95 bits per heavy atom. The average Bonchev–Trinajstić information content (AvgIpc) is 2.48. The fourth-order valence-corrected chi connectivity index (χ4v) is 2.37. The van der Waals surface area contributed by atoms with Crippen molar-refractivity contribution >= 4 is 0 Å². The van der Waals surface area contributed by atoms with Gasteiger partial charge in [0.15, 0.2) is 0 Å². The van der Waals surface area contributed by atoms with Crippen molar-refractivity contribution in [3.8, 4) is 29.4 Å². The van der Waals surface area contributed by atoms with Gasteiger partial charge in [-0.05, 0) is 50.6 Å². The third-order valence-electron chi connectivity index (χ3n) is 3.48. The molecular weight excluding hydrogens is 262 g/mol. The summed E-state index contributed by atoms with van der Waals surface area (Å²) in [5, 5.41) is 0. The Kier molecular flexibility index (Phi) is 4.49. The van der Waals surface area contributed by atoms with Gasteiger partial charge < -0.3 is 9.30 Å². The molecule has 1 aromatic heterocycles. The minimum Gasteiger partial charge on any atom is -0.481 e. The van der Waals surface area contributed by atoms with Crippen molar-refractivity contribution in [2.45, 2.75) is 27.3 Å². The van der Waals surface area contributed by atoms with E-state index < -0.39 is 0 Å². The van der Waals surface area contributed by atoms with E-state index in [-0.39, 0.29) is 12.2 Å². The molecule has 0 amide bonds. The van der Waals surface area contributed by atoms with Gasteiger partial charge in [-0.1, -0.05) is 12.0 Å². The van der Waals surface area contributed by atoms with Gasteiger partial charge in [-0.2, -0.15) is 0 Å². The highest BCUT2D eigenvalue weighted by molar-refractivity contribution is 5.65. The quantitative estimate of drug-likeness (QED) is 0.806. The first-order valence-electron chi connectivity index (χ1n) is 6.96. The van der Waals surface area contributed by atoms with Crippen LogP contribution in [0.25, 0.3) is 11.3 Å². The molecule has 0 aliphatic rings. The molecule has 0 saturated heterocycles. The van der Waals surface area contributed by atoms with Crippen LogP contribution >= 0.6 is 0 Å². The molecule has 3 heteroatoms. The van der Waals surface area contributed by atoms with E-state index in [1.807, 2.05) is 51.1 Å². The monoisotopic (exact) mass is 281 g/mol. The molecule has 0 unspecified atom stereocenters. The molecule has 3 nitrogen and oxygen atoms in total. The van der Waals surface area contributed by atoms with Crippen LogP contribution in [-0.4, -0.2) is 11.2 Å². The molecule has 2 aromatic rings. The molecule has 0 bridgehead atoms. The first-order chi connectivity index (χ1) is 10.1. The molecule has 108 valence electrons. The zero-order chi connectivity index (χ0) is 15.4. The second kappa shape index (κ2) is 6.32. The predicted octanol–water partition coefficient (Wildman–Crippen LogP) is 3.16. The van der Waals surface area contributed by atoms with Crippen LogP contribution < -0.4 is 10.3 Å². The number of benzene rings is 1. The topological polar surface area (TPSA) is 31.2 Å². The molecule has 0 saturated carbocycles. The van der Waals surface area contributed by atoms with Crippen LogP contribution in [0.4, 0.5) is 0 Å². The highest BCUT2D eigenvalue weighted by Crippen LogP contribution is 2.26. The van der Waals surface area contributed by atoms with Gasteiger partial charge >= 0.3 is 0 Å².